The molecule has 0 spiro atoms. The van der Waals surface area contributed by atoms with E-state index in [4.69, 9.17) is 0 Å². The summed E-state index contributed by atoms with van der Waals surface area (Å²) in [6.07, 6.45) is 14.9. The van der Waals surface area contributed by atoms with E-state index < -0.39 is 11.1 Å². The van der Waals surface area contributed by atoms with Crippen molar-refractivity contribution in [3.05, 3.63) is 4.91 Å². The Labute approximate surface area is 161 Å². The summed E-state index contributed by atoms with van der Waals surface area (Å²) < 4.78 is 0. The molecule has 2 rings (SSSR count). The average molecular weight is 366 g/mol. The minimum atomic E-state index is -0.555. The summed E-state index contributed by atoms with van der Waals surface area (Å²) in [7, 11) is 0. The highest BCUT2D eigenvalue weighted by molar-refractivity contribution is 4.99. The molecule has 0 heterocycles. The molecule has 3 heteroatoms. The first-order valence-corrected chi connectivity index (χ1v) is 11.1. The van der Waals surface area contributed by atoms with Crippen LogP contribution in [0, 0.1) is 28.1 Å². The van der Waals surface area contributed by atoms with Crippen LogP contribution in [-0.4, -0.2) is 16.2 Å². The Balaban J connectivity index is 2.00. The molecule has 0 radical (unpaired) electrons. The molecule has 0 aromatic carbocycles. The molecule has 0 aromatic heterocycles. The zero-order chi connectivity index (χ0) is 19.4. The maximum absolute atomic E-state index is 11.0. The lowest BCUT2D eigenvalue weighted by Gasteiger charge is -2.44. The van der Waals surface area contributed by atoms with Gasteiger partial charge in [-0.25, -0.2) is 0 Å². The van der Waals surface area contributed by atoms with Crippen LogP contribution < -0.4 is 0 Å². The average Bonchev–Trinajstić information content (AvgIpc) is 2.89. The van der Waals surface area contributed by atoms with Crippen LogP contribution in [-0.2, 0) is 0 Å². The Hall–Kier alpha value is -0.440. The Kier molecular flexibility index (Phi) is 7.32. The monoisotopic (exact) mass is 365 g/mol. The van der Waals surface area contributed by atoms with Gasteiger partial charge in [-0.2, -0.15) is 4.91 Å². The van der Waals surface area contributed by atoms with E-state index in [0.717, 1.165) is 43.4 Å². The summed E-state index contributed by atoms with van der Waals surface area (Å²) in [5, 5.41) is 13.4. The predicted molar refractivity (Wildman–Crippen MR) is 110 cm³/mol. The lowest BCUT2D eigenvalue weighted by atomic mass is 9.61. The van der Waals surface area contributed by atoms with Gasteiger partial charge in [-0.1, -0.05) is 50.6 Å². The van der Waals surface area contributed by atoms with E-state index in [1.807, 2.05) is 27.7 Å². The minimum Gasteiger partial charge on any atom is -0.390 e. The number of rotatable bonds is 10. The van der Waals surface area contributed by atoms with E-state index in [9.17, 15) is 10.0 Å². The molecule has 2 aliphatic rings. The largest absolute Gasteiger partial charge is 0.390 e. The van der Waals surface area contributed by atoms with E-state index >= 15 is 0 Å². The van der Waals surface area contributed by atoms with Crippen molar-refractivity contribution in [1.29, 1.82) is 0 Å². The Morgan fingerprint density at radius 1 is 1.04 bits per heavy atom. The molecule has 26 heavy (non-hydrogen) atoms. The van der Waals surface area contributed by atoms with Gasteiger partial charge in [-0.15, -0.1) is 0 Å². The highest BCUT2D eigenvalue weighted by atomic mass is 16.3. The van der Waals surface area contributed by atoms with Crippen molar-refractivity contribution < 1.29 is 5.11 Å². The summed E-state index contributed by atoms with van der Waals surface area (Å²) in [4.78, 5) is 11.0. The smallest absolute Gasteiger partial charge is 0.0970 e. The summed E-state index contributed by atoms with van der Waals surface area (Å²) in [6.45, 7) is 10.3. The maximum Gasteiger partial charge on any atom is 0.0970 e. The highest BCUT2D eigenvalue weighted by Gasteiger charge is 2.49. The first-order valence-electron chi connectivity index (χ1n) is 11.1. The van der Waals surface area contributed by atoms with Crippen LogP contribution in [0.4, 0.5) is 0 Å². The van der Waals surface area contributed by atoms with Gasteiger partial charge < -0.3 is 5.11 Å². The van der Waals surface area contributed by atoms with Gasteiger partial charge >= 0.3 is 0 Å². The number of hydrogen-bond donors (Lipinski definition) is 1. The quantitative estimate of drug-likeness (QED) is 0.430. The fourth-order valence-corrected chi connectivity index (χ4v) is 6.06. The molecule has 1 N–H and O–H groups in total. The third-order valence-corrected chi connectivity index (χ3v) is 7.67. The van der Waals surface area contributed by atoms with E-state index in [-0.39, 0.29) is 0 Å². The third-order valence-electron chi connectivity index (χ3n) is 7.67. The Morgan fingerprint density at radius 2 is 1.69 bits per heavy atom. The molecule has 2 saturated carbocycles. The van der Waals surface area contributed by atoms with Crippen molar-refractivity contribution in [2.75, 3.05) is 0 Å². The number of aliphatic hydroxyl groups is 1. The van der Waals surface area contributed by atoms with Crippen LogP contribution in [0.1, 0.15) is 112 Å². The van der Waals surface area contributed by atoms with Crippen LogP contribution >= 0.6 is 0 Å². The van der Waals surface area contributed by atoms with Gasteiger partial charge in [0.25, 0.3) is 0 Å². The Morgan fingerprint density at radius 3 is 2.31 bits per heavy atom. The molecule has 0 aromatic rings. The zero-order valence-electron chi connectivity index (χ0n) is 18.0. The second-order valence-corrected chi connectivity index (χ2v) is 10.9. The van der Waals surface area contributed by atoms with Gasteiger partial charge in [0.05, 0.1) is 11.1 Å². The minimum absolute atomic E-state index is 0.426. The molecule has 0 amide bonds. The van der Waals surface area contributed by atoms with Crippen LogP contribution in [0.25, 0.3) is 0 Å². The van der Waals surface area contributed by atoms with E-state index in [1.165, 1.54) is 51.4 Å². The lowest BCUT2D eigenvalue weighted by molar-refractivity contribution is 0.0453. The van der Waals surface area contributed by atoms with Crippen LogP contribution in [0.3, 0.4) is 0 Å². The number of nitroso groups, excluding NO2 is 1. The van der Waals surface area contributed by atoms with Gasteiger partial charge in [-0.3, -0.25) is 0 Å². The number of nitrogens with zero attached hydrogens (tertiary/aromatic N) is 1. The van der Waals surface area contributed by atoms with Gasteiger partial charge in [0, 0.05) is 0 Å². The molecule has 3 nitrogen and oxygen atoms in total. The molecule has 0 saturated heterocycles. The maximum atomic E-state index is 11.0. The van der Waals surface area contributed by atoms with E-state index in [1.54, 1.807) is 0 Å². The topological polar surface area (TPSA) is 49.7 Å². The lowest BCUT2D eigenvalue weighted by Crippen LogP contribution is -2.36. The molecule has 0 aliphatic heterocycles. The first-order chi connectivity index (χ1) is 12.1. The number of fused-ring (bicyclic) bond motifs is 1. The summed E-state index contributed by atoms with van der Waals surface area (Å²) >= 11 is 0. The molecule has 0 bridgehead atoms. The summed E-state index contributed by atoms with van der Waals surface area (Å²) in [5.74, 6) is 2.51. The zero-order valence-corrected chi connectivity index (χ0v) is 18.0. The van der Waals surface area contributed by atoms with Crippen molar-refractivity contribution >= 4 is 0 Å². The van der Waals surface area contributed by atoms with Crippen LogP contribution in [0.2, 0.25) is 0 Å². The second kappa shape index (κ2) is 8.71. The van der Waals surface area contributed by atoms with Crippen LogP contribution in [0.5, 0.6) is 0 Å². The van der Waals surface area contributed by atoms with Crippen molar-refractivity contribution in [3.8, 4) is 0 Å². The molecule has 4 unspecified atom stereocenters. The normalized spacial score (nSPS) is 30.8. The fraction of sp³-hybridized carbons (Fsp3) is 1.00. The van der Waals surface area contributed by atoms with Gasteiger partial charge in [0.15, 0.2) is 0 Å². The molecule has 2 fully saturated rings. The van der Waals surface area contributed by atoms with Crippen LogP contribution in [0.15, 0.2) is 5.18 Å². The highest BCUT2D eigenvalue weighted by Crippen LogP contribution is 2.59. The Bertz CT molecular complexity index is 454. The van der Waals surface area contributed by atoms with Crippen molar-refractivity contribution in [1.82, 2.24) is 0 Å². The van der Waals surface area contributed by atoms with Crippen molar-refractivity contribution in [3.63, 3.8) is 0 Å². The van der Waals surface area contributed by atoms with E-state index in [2.05, 4.69) is 12.1 Å². The molecule has 2 aliphatic carbocycles. The van der Waals surface area contributed by atoms with Gasteiger partial charge in [-0.05, 0) is 89.4 Å². The predicted octanol–water partition coefficient (Wildman–Crippen LogP) is 6.87. The standard InChI is InChI=1S/C23H43NO2/c1-21(2,24-26)15-8-10-18(11-9-16-22(3,4)25)20-14-13-19-12-6-7-17-23(19,20)5/h18-20,25H,6-17H2,1-5H3. The van der Waals surface area contributed by atoms with E-state index in [0.29, 0.717) is 5.41 Å². The molecular weight excluding hydrogens is 322 g/mol. The number of hydrogen-bond acceptors (Lipinski definition) is 3. The van der Waals surface area contributed by atoms with Crippen molar-refractivity contribution in [2.45, 2.75) is 123 Å². The van der Waals surface area contributed by atoms with Crippen molar-refractivity contribution in [2.24, 2.45) is 28.3 Å². The molecule has 152 valence electrons. The van der Waals surface area contributed by atoms with Gasteiger partial charge in [0.2, 0.25) is 0 Å². The fourth-order valence-electron chi connectivity index (χ4n) is 6.06. The molecular formula is C23H43NO2. The molecule has 4 atom stereocenters. The SMILES string of the molecule is CC(C)(O)CCCC(CCCC(C)(C)N=O)C1CCC2CCCCC21C. The first kappa shape index (κ1) is 21.9. The third kappa shape index (κ3) is 5.78. The van der Waals surface area contributed by atoms with Gasteiger partial charge in [0.1, 0.15) is 0 Å². The summed E-state index contributed by atoms with van der Waals surface area (Å²) in [6, 6.07) is 0. The summed E-state index contributed by atoms with van der Waals surface area (Å²) in [5.41, 5.74) is -0.443. The second-order valence-electron chi connectivity index (χ2n) is 10.9.